The summed E-state index contributed by atoms with van der Waals surface area (Å²) in [5.41, 5.74) is 3.76. The SMILES string of the molecule is CNCC1CCCc2[nH]c3c(OC)ccc(Cl)c3c21. The first-order valence-electron chi connectivity index (χ1n) is 6.77. The molecule has 2 aromatic rings. The fraction of sp³-hybridized carbons (Fsp3) is 0.467. The van der Waals surface area contributed by atoms with Crippen LogP contribution < -0.4 is 10.1 Å². The number of ether oxygens (including phenoxy) is 1. The van der Waals surface area contributed by atoms with Crippen molar-refractivity contribution >= 4 is 22.5 Å². The van der Waals surface area contributed by atoms with E-state index in [0.29, 0.717) is 5.92 Å². The van der Waals surface area contributed by atoms with Crippen LogP contribution in [0.3, 0.4) is 0 Å². The highest BCUT2D eigenvalue weighted by Crippen LogP contribution is 2.42. The number of nitrogens with one attached hydrogen (secondary N) is 2. The zero-order chi connectivity index (χ0) is 13.4. The maximum absolute atomic E-state index is 6.43. The van der Waals surface area contributed by atoms with Gasteiger partial charge in [0.1, 0.15) is 5.75 Å². The molecule has 3 nitrogen and oxygen atoms in total. The van der Waals surface area contributed by atoms with Crippen LogP contribution in [-0.2, 0) is 6.42 Å². The molecule has 0 saturated heterocycles. The Morgan fingerprint density at radius 3 is 3.05 bits per heavy atom. The molecule has 0 radical (unpaired) electrons. The largest absolute Gasteiger partial charge is 0.495 e. The van der Waals surface area contributed by atoms with Crippen LogP contribution in [0.4, 0.5) is 0 Å². The smallest absolute Gasteiger partial charge is 0.143 e. The van der Waals surface area contributed by atoms with Gasteiger partial charge in [0, 0.05) is 17.6 Å². The fourth-order valence-electron chi connectivity index (χ4n) is 3.25. The van der Waals surface area contributed by atoms with Crippen molar-refractivity contribution in [2.45, 2.75) is 25.2 Å². The van der Waals surface area contributed by atoms with Gasteiger partial charge in [0.25, 0.3) is 0 Å². The number of benzene rings is 1. The predicted octanol–water partition coefficient (Wildman–Crippen LogP) is 3.47. The minimum Gasteiger partial charge on any atom is -0.495 e. The van der Waals surface area contributed by atoms with Crippen molar-refractivity contribution in [3.63, 3.8) is 0 Å². The summed E-state index contributed by atoms with van der Waals surface area (Å²) in [6.07, 6.45) is 3.55. The number of hydrogen-bond donors (Lipinski definition) is 2. The van der Waals surface area contributed by atoms with Crippen LogP contribution in [0.5, 0.6) is 5.75 Å². The van der Waals surface area contributed by atoms with Crippen LogP contribution in [0.25, 0.3) is 10.9 Å². The molecule has 1 atom stereocenters. The standard InChI is InChI=1S/C15H19ClN2O/c1-17-8-9-4-3-5-11-13(9)14-10(16)6-7-12(19-2)15(14)18-11/h6-7,9,17-18H,3-5,8H2,1-2H3. The molecule has 1 aliphatic rings. The molecule has 0 fully saturated rings. The summed E-state index contributed by atoms with van der Waals surface area (Å²) >= 11 is 6.43. The molecule has 102 valence electrons. The number of H-pyrrole nitrogens is 1. The van der Waals surface area contributed by atoms with Crippen LogP contribution in [-0.4, -0.2) is 25.7 Å². The number of aryl methyl sites for hydroxylation is 1. The lowest BCUT2D eigenvalue weighted by atomic mass is 9.85. The Morgan fingerprint density at radius 1 is 1.47 bits per heavy atom. The first-order valence-corrected chi connectivity index (χ1v) is 7.15. The number of likely N-dealkylation sites (N-methyl/N-ethyl adjacent to an activating group) is 1. The van der Waals surface area contributed by atoms with Crippen molar-refractivity contribution in [2.75, 3.05) is 20.7 Å². The van der Waals surface area contributed by atoms with Gasteiger partial charge < -0.3 is 15.0 Å². The van der Waals surface area contributed by atoms with Crippen LogP contribution >= 0.6 is 11.6 Å². The number of aromatic amines is 1. The van der Waals surface area contributed by atoms with Crippen molar-refractivity contribution in [3.8, 4) is 5.75 Å². The van der Waals surface area contributed by atoms with Gasteiger partial charge in [0.2, 0.25) is 0 Å². The second-order valence-corrected chi connectivity index (χ2v) is 5.57. The van der Waals surface area contributed by atoms with Gasteiger partial charge in [0.05, 0.1) is 17.6 Å². The topological polar surface area (TPSA) is 37.0 Å². The number of fused-ring (bicyclic) bond motifs is 3. The summed E-state index contributed by atoms with van der Waals surface area (Å²) < 4.78 is 5.45. The van der Waals surface area contributed by atoms with E-state index in [1.165, 1.54) is 24.1 Å². The van der Waals surface area contributed by atoms with Crippen LogP contribution in [0.2, 0.25) is 5.02 Å². The third kappa shape index (κ3) is 2.01. The first kappa shape index (κ1) is 12.8. The molecule has 1 unspecified atom stereocenters. The lowest BCUT2D eigenvalue weighted by Gasteiger charge is -2.23. The second-order valence-electron chi connectivity index (χ2n) is 5.16. The maximum Gasteiger partial charge on any atom is 0.143 e. The van der Waals surface area contributed by atoms with E-state index in [2.05, 4.69) is 10.3 Å². The van der Waals surface area contributed by atoms with Crippen molar-refractivity contribution in [1.82, 2.24) is 10.3 Å². The summed E-state index contributed by atoms with van der Waals surface area (Å²) in [7, 11) is 3.71. The Hall–Kier alpha value is -1.19. The quantitative estimate of drug-likeness (QED) is 0.902. The average Bonchev–Trinajstić information content (AvgIpc) is 2.81. The molecule has 0 amide bonds. The van der Waals surface area contributed by atoms with E-state index < -0.39 is 0 Å². The molecule has 2 N–H and O–H groups in total. The normalized spacial score (nSPS) is 18.6. The van der Waals surface area contributed by atoms with E-state index in [-0.39, 0.29) is 0 Å². The van der Waals surface area contributed by atoms with Gasteiger partial charge in [-0.3, -0.25) is 0 Å². The van der Waals surface area contributed by atoms with Crippen molar-refractivity contribution in [3.05, 3.63) is 28.4 Å². The Labute approximate surface area is 118 Å². The van der Waals surface area contributed by atoms with E-state index >= 15 is 0 Å². The molecule has 0 saturated carbocycles. The van der Waals surface area contributed by atoms with Crippen molar-refractivity contribution in [2.24, 2.45) is 0 Å². The summed E-state index contributed by atoms with van der Waals surface area (Å²) in [6, 6.07) is 3.86. The molecule has 1 heterocycles. The summed E-state index contributed by atoms with van der Waals surface area (Å²) in [5, 5.41) is 5.26. The third-order valence-electron chi connectivity index (χ3n) is 4.04. The lowest BCUT2D eigenvalue weighted by molar-refractivity contribution is 0.419. The van der Waals surface area contributed by atoms with Gasteiger partial charge in [0.15, 0.2) is 0 Å². The number of halogens is 1. The minimum atomic E-state index is 0.534. The molecule has 4 heteroatoms. The predicted molar refractivity (Wildman–Crippen MR) is 79.5 cm³/mol. The highest BCUT2D eigenvalue weighted by atomic mass is 35.5. The number of rotatable bonds is 3. The van der Waals surface area contributed by atoms with Crippen LogP contribution in [0.15, 0.2) is 12.1 Å². The lowest BCUT2D eigenvalue weighted by Crippen LogP contribution is -2.20. The first-order chi connectivity index (χ1) is 9.26. The van der Waals surface area contributed by atoms with Gasteiger partial charge in [-0.05, 0) is 49.9 Å². The Morgan fingerprint density at radius 2 is 2.32 bits per heavy atom. The molecule has 3 rings (SSSR count). The molecule has 1 aromatic carbocycles. The number of hydrogen-bond acceptors (Lipinski definition) is 2. The Kier molecular flexibility index (Phi) is 3.42. The van der Waals surface area contributed by atoms with Gasteiger partial charge in [-0.15, -0.1) is 0 Å². The molecule has 0 bridgehead atoms. The average molecular weight is 279 g/mol. The van der Waals surface area contributed by atoms with E-state index in [1.54, 1.807) is 7.11 Å². The zero-order valence-electron chi connectivity index (χ0n) is 11.3. The Bertz CT molecular complexity index is 606. The molecular formula is C15H19ClN2O. The number of methoxy groups -OCH3 is 1. The third-order valence-corrected chi connectivity index (χ3v) is 4.36. The molecular weight excluding hydrogens is 260 g/mol. The van der Waals surface area contributed by atoms with Crippen molar-refractivity contribution < 1.29 is 4.74 Å². The van der Waals surface area contributed by atoms with E-state index in [4.69, 9.17) is 16.3 Å². The monoisotopic (exact) mass is 278 g/mol. The van der Waals surface area contributed by atoms with Gasteiger partial charge >= 0.3 is 0 Å². The molecule has 0 aliphatic heterocycles. The van der Waals surface area contributed by atoms with Crippen LogP contribution in [0, 0.1) is 0 Å². The Balaban J connectivity index is 2.26. The minimum absolute atomic E-state index is 0.534. The molecule has 0 spiro atoms. The summed E-state index contributed by atoms with van der Waals surface area (Å²) in [5.74, 6) is 1.41. The van der Waals surface area contributed by atoms with Gasteiger partial charge in [-0.2, -0.15) is 0 Å². The van der Waals surface area contributed by atoms with E-state index in [1.807, 2.05) is 19.2 Å². The van der Waals surface area contributed by atoms with Crippen molar-refractivity contribution in [1.29, 1.82) is 0 Å². The van der Waals surface area contributed by atoms with Gasteiger partial charge in [-0.25, -0.2) is 0 Å². The number of aromatic nitrogens is 1. The van der Waals surface area contributed by atoms with Crippen LogP contribution in [0.1, 0.15) is 30.0 Å². The van der Waals surface area contributed by atoms with E-state index in [9.17, 15) is 0 Å². The van der Waals surface area contributed by atoms with Gasteiger partial charge in [-0.1, -0.05) is 11.6 Å². The van der Waals surface area contributed by atoms with E-state index in [0.717, 1.165) is 34.6 Å². The fourth-order valence-corrected chi connectivity index (χ4v) is 3.51. The second kappa shape index (κ2) is 5.06. The molecule has 1 aromatic heterocycles. The summed E-state index contributed by atoms with van der Waals surface area (Å²) in [4.78, 5) is 3.53. The molecule has 19 heavy (non-hydrogen) atoms. The highest BCUT2D eigenvalue weighted by molar-refractivity contribution is 6.36. The zero-order valence-corrected chi connectivity index (χ0v) is 12.1. The maximum atomic E-state index is 6.43. The highest BCUT2D eigenvalue weighted by Gasteiger charge is 2.26. The summed E-state index contributed by atoms with van der Waals surface area (Å²) in [6.45, 7) is 0.994. The molecule has 1 aliphatic carbocycles.